The first-order valence-electron chi connectivity index (χ1n) is 6.92. The van der Waals surface area contributed by atoms with E-state index in [1.54, 1.807) is 0 Å². The van der Waals surface area contributed by atoms with Gasteiger partial charge in [0.15, 0.2) is 0 Å². The normalized spacial score (nSPS) is 13.6. The van der Waals surface area contributed by atoms with Crippen LogP contribution in [0.15, 0.2) is 53.6 Å². The molecular formula is C15H15N5O. The molecule has 0 bridgehead atoms. The Balaban J connectivity index is 1.98. The second-order valence-corrected chi connectivity index (χ2v) is 4.90. The van der Waals surface area contributed by atoms with Crippen LogP contribution in [-0.2, 0) is 0 Å². The molecule has 0 amide bonds. The fourth-order valence-corrected chi connectivity index (χ4v) is 2.78. The van der Waals surface area contributed by atoms with E-state index in [2.05, 4.69) is 17.3 Å². The average molecular weight is 281 g/mol. The SMILES string of the molecule is CCN1c2c(c(=O)[nH]c3ccccc23)NN1n1cccc1. The molecule has 1 aliphatic rings. The number of para-hydroxylation sites is 1. The van der Waals surface area contributed by atoms with Crippen LogP contribution in [0.2, 0.25) is 0 Å². The highest BCUT2D eigenvalue weighted by Gasteiger charge is 2.30. The predicted molar refractivity (Wildman–Crippen MR) is 83.9 cm³/mol. The molecule has 6 nitrogen and oxygen atoms in total. The first-order chi connectivity index (χ1) is 10.3. The van der Waals surface area contributed by atoms with E-state index >= 15 is 0 Å². The molecule has 21 heavy (non-hydrogen) atoms. The number of hydrogen-bond acceptors (Lipinski definition) is 4. The van der Waals surface area contributed by atoms with Gasteiger partial charge in [-0.25, -0.2) is 9.69 Å². The van der Waals surface area contributed by atoms with E-state index in [0.29, 0.717) is 5.69 Å². The van der Waals surface area contributed by atoms with Crippen LogP contribution in [0.1, 0.15) is 6.92 Å². The van der Waals surface area contributed by atoms with Gasteiger partial charge in [-0.05, 0) is 25.1 Å². The minimum atomic E-state index is -0.114. The third kappa shape index (κ3) is 1.62. The first-order valence-corrected chi connectivity index (χ1v) is 6.92. The summed E-state index contributed by atoms with van der Waals surface area (Å²) in [5, 5.41) is 4.91. The number of hydrogen-bond donors (Lipinski definition) is 2. The van der Waals surface area contributed by atoms with Crippen LogP contribution in [-0.4, -0.2) is 16.2 Å². The molecule has 0 radical (unpaired) electrons. The van der Waals surface area contributed by atoms with Crippen molar-refractivity contribution < 1.29 is 0 Å². The number of H-pyrrole nitrogens is 1. The second kappa shape index (κ2) is 4.31. The van der Waals surface area contributed by atoms with Crippen molar-refractivity contribution in [3.63, 3.8) is 0 Å². The summed E-state index contributed by atoms with van der Waals surface area (Å²) in [4.78, 5) is 15.2. The van der Waals surface area contributed by atoms with Gasteiger partial charge in [-0.3, -0.25) is 10.2 Å². The van der Waals surface area contributed by atoms with Crippen molar-refractivity contribution in [2.75, 3.05) is 22.2 Å². The molecular weight excluding hydrogens is 266 g/mol. The molecule has 1 aliphatic heterocycles. The summed E-state index contributed by atoms with van der Waals surface area (Å²) in [5.41, 5.74) is 5.39. The summed E-state index contributed by atoms with van der Waals surface area (Å²) in [6.07, 6.45) is 3.86. The van der Waals surface area contributed by atoms with Crippen LogP contribution in [0.5, 0.6) is 0 Å². The van der Waals surface area contributed by atoms with Gasteiger partial charge in [0, 0.05) is 24.3 Å². The zero-order valence-corrected chi connectivity index (χ0v) is 11.6. The van der Waals surface area contributed by atoms with E-state index in [1.807, 2.05) is 63.7 Å². The number of nitrogens with one attached hydrogen (secondary N) is 2. The van der Waals surface area contributed by atoms with Gasteiger partial charge in [-0.2, -0.15) is 0 Å². The van der Waals surface area contributed by atoms with E-state index in [-0.39, 0.29) is 5.56 Å². The van der Waals surface area contributed by atoms with Gasteiger partial charge >= 0.3 is 0 Å². The molecule has 0 aliphatic carbocycles. The molecule has 3 aromatic rings. The lowest BCUT2D eigenvalue weighted by atomic mass is 10.1. The van der Waals surface area contributed by atoms with E-state index in [0.717, 1.165) is 23.1 Å². The number of rotatable bonds is 2. The summed E-state index contributed by atoms with van der Waals surface area (Å²) >= 11 is 0. The molecule has 106 valence electrons. The highest BCUT2D eigenvalue weighted by Crippen LogP contribution is 2.35. The molecule has 2 aromatic heterocycles. The van der Waals surface area contributed by atoms with Gasteiger partial charge in [0.25, 0.3) is 5.56 Å². The lowest BCUT2D eigenvalue weighted by molar-refractivity contribution is 0.628. The monoisotopic (exact) mass is 281 g/mol. The smallest absolute Gasteiger partial charge is 0.275 e. The van der Waals surface area contributed by atoms with Crippen molar-refractivity contribution in [2.24, 2.45) is 0 Å². The summed E-state index contributed by atoms with van der Waals surface area (Å²) in [7, 11) is 0. The van der Waals surface area contributed by atoms with E-state index in [1.165, 1.54) is 0 Å². The molecule has 2 N–H and O–H groups in total. The molecule has 4 rings (SSSR count). The van der Waals surface area contributed by atoms with Crippen LogP contribution in [0.4, 0.5) is 11.4 Å². The van der Waals surface area contributed by atoms with Gasteiger partial charge in [0.2, 0.25) is 0 Å². The number of benzene rings is 1. The predicted octanol–water partition coefficient (Wildman–Crippen LogP) is 2.05. The highest BCUT2D eigenvalue weighted by molar-refractivity contribution is 6.00. The van der Waals surface area contributed by atoms with Crippen LogP contribution in [0.25, 0.3) is 10.9 Å². The maximum atomic E-state index is 12.3. The van der Waals surface area contributed by atoms with Crippen LogP contribution in [0.3, 0.4) is 0 Å². The Kier molecular flexibility index (Phi) is 2.44. The second-order valence-electron chi connectivity index (χ2n) is 4.90. The molecule has 6 heteroatoms. The van der Waals surface area contributed by atoms with Crippen molar-refractivity contribution in [3.8, 4) is 0 Å². The molecule has 0 spiro atoms. The number of pyridine rings is 1. The van der Waals surface area contributed by atoms with Gasteiger partial charge in [0.1, 0.15) is 11.4 Å². The number of aromatic amines is 1. The maximum absolute atomic E-state index is 12.3. The third-order valence-corrected chi connectivity index (χ3v) is 3.70. The van der Waals surface area contributed by atoms with E-state index in [4.69, 9.17) is 0 Å². The Hall–Kier alpha value is -2.89. The zero-order valence-electron chi connectivity index (χ0n) is 11.6. The van der Waals surface area contributed by atoms with Crippen molar-refractivity contribution in [2.45, 2.75) is 6.92 Å². The molecule has 0 fully saturated rings. The number of hydrazine groups is 2. The molecule has 1 aromatic carbocycles. The topological polar surface area (TPSA) is 56.3 Å². The van der Waals surface area contributed by atoms with Gasteiger partial charge < -0.3 is 4.98 Å². The summed E-state index contributed by atoms with van der Waals surface area (Å²) < 4.78 is 1.90. The third-order valence-electron chi connectivity index (χ3n) is 3.70. The van der Waals surface area contributed by atoms with E-state index in [9.17, 15) is 4.79 Å². The molecule has 3 heterocycles. The van der Waals surface area contributed by atoms with Crippen molar-refractivity contribution in [3.05, 3.63) is 59.1 Å². The summed E-state index contributed by atoms with van der Waals surface area (Å²) in [6, 6.07) is 11.7. The molecule has 0 saturated carbocycles. The fraction of sp³-hybridized carbons (Fsp3) is 0.133. The summed E-state index contributed by atoms with van der Waals surface area (Å²) in [6.45, 7) is 2.80. The van der Waals surface area contributed by atoms with Gasteiger partial charge in [0.05, 0.1) is 5.52 Å². The number of fused-ring (bicyclic) bond motifs is 3. The maximum Gasteiger partial charge on any atom is 0.275 e. The fourth-order valence-electron chi connectivity index (χ4n) is 2.78. The minimum absolute atomic E-state index is 0.114. The lowest BCUT2D eigenvalue weighted by Gasteiger charge is -2.30. The Morgan fingerprint density at radius 1 is 1.10 bits per heavy atom. The molecule has 0 saturated heterocycles. The van der Waals surface area contributed by atoms with Crippen LogP contribution < -0.4 is 21.2 Å². The number of aromatic nitrogens is 2. The Bertz CT molecular complexity index is 852. The average Bonchev–Trinajstić information content (AvgIpc) is 3.14. The summed E-state index contributed by atoms with van der Waals surface area (Å²) in [5.74, 6) is 0. The number of anilines is 2. The van der Waals surface area contributed by atoms with Crippen molar-refractivity contribution in [1.82, 2.24) is 9.66 Å². The van der Waals surface area contributed by atoms with Crippen LogP contribution in [0, 0.1) is 0 Å². The van der Waals surface area contributed by atoms with Crippen LogP contribution >= 0.6 is 0 Å². The van der Waals surface area contributed by atoms with Gasteiger partial charge in [-0.15, -0.1) is 5.23 Å². The highest BCUT2D eigenvalue weighted by atomic mass is 16.1. The Morgan fingerprint density at radius 2 is 1.86 bits per heavy atom. The quantitative estimate of drug-likeness (QED) is 0.755. The van der Waals surface area contributed by atoms with Crippen molar-refractivity contribution >= 4 is 22.3 Å². The van der Waals surface area contributed by atoms with Gasteiger partial charge in [-0.1, -0.05) is 18.2 Å². The zero-order chi connectivity index (χ0) is 14.4. The van der Waals surface area contributed by atoms with E-state index < -0.39 is 0 Å². The van der Waals surface area contributed by atoms with Crippen molar-refractivity contribution in [1.29, 1.82) is 0 Å². The minimum Gasteiger partial charge on any atom is -0.320 e. The molecule has 0 unspecified atom stereocenters. The Labute approximate surface area is 121 Å². The standard InChI is InChI=1S/C15H15N5O/c1-2-19-14-11-7-3-4-8-12(11)16-15(21)13(14)17-20(19)18-9-5-6-10-18/h3-10,17H,2H2,1H3,(H,16,21). The molecule has 0 atom stereocenters. The lowest BCUT2D eigenvalue weighted by Crippen LogP contribution is -2.49. The Morgan fingerprint density at radius 3 is 2.62 bits per heavy atom. The largest absolute Gasteiger partial charge is 0.320 e. The first kappa shape index (κ1) is 11.9. The number of nitrogens with zero attached hydrogens (tertiary/aromatic N) is 3.